The minimum atomic E-state index is -0.961. The molecular weight excluding hydrogens is 268 g/mol. The fourth-order valence-corrected chi connectivity index (χ4v) is 1.50. The van der Waals surface area contributed by atoms with Crippen LogP contribution in [0, 0.1) is 17.0 Å². The van der Waals surface area contributed by atoms with Gasteiger partial charge in [-0.3, -0.25) is 10.1 Å². The van der Waals surface area contributed by atoms with E-state index in [-0.39, 0.29) is 18.1 Å². The van der Waals surface area contributed by atoms with Crippen molar-refractivity contribution in [2.24, 2.45) is 0 Å². The summed E-state index contributed by atoms with van der Waals surface area (Å²) in [6, 6.07) is 0. The molecule has 0 aliphatic carbocycles. The van der Waals surface area contributed by atoms with Crippen LogP contribution in [0.3, 0.4) is 0 Å². The molecule has 0 spiro atoms. The van der Waals surface area contributed by atoms with Crippen molar-refractivity contribution in [1.29, 1.82) is 0 Å². The largest absolute Gasteiger partial charge is 0.502 e. The summed E-state index contributed by atoms with van der Waals surface area (Å²) >= 11 is 0. The third kappa shape index (κ3) is 3.22. The van der Waals surface area contributed by atoms with Crippen molar-refractivity contribution >= 4 is 17.7 Å². The molecule has 0 fully saturated rings. The molecule has 1 heterocycles. The standard InChI is InChI=1S/C12H14N2O6/c1-4-20-12(16)9(15)5-8-7(2)6-13-11(19-3)10(8)14(17)18/h5-6,15H,4H2,1-3H3/b9-5-. The SMILES string of the molecule is CCOC(=O)/C(O)=C/c1c(C)cnc(OC)c1[N+](=O)[O-]. The van der Waals surface area contributed by atoms with Gasteiger partial charge in [0.25, 0.3) is 5.88 Å². The molecule has 0 aromatic carbocycles. The van der Waals surface area contributed by atoms with E-state index in [0.717, 1.165) is 6.08 Å². The van der Waals surface area contributed by atoms with Crippen LogP contribution in [-0.4, -0.2) is 34.7 Å². The highest BCUT2D eigenvalue weighted by Crippen LogP contribution is 2.32. The lowest BCUT2D eigenvalue weighted by Crippen LogP contribution is -2.08. The van der Waals surface area contributed by atoms with Crippen molar-refractivity contribution in [1.82, 2.24) is 4.98 Å². The fourth-order valence-electron chi connectivity index (χ4n) is 1.50. The Morgan fingerprint density at radius 2 is 2.25 bits per heavy atom. The van der Waals surface area contributed by atoms with Crippen molar-refractivity contribution in [3.8, 4) is 5.88 Å². The number of pyridine rings is 1. The van der Waals surface area contributed by atoms with E-state index in [4.69, 9.17) is 4.74 Å². The first kappa shape index (κ1) is 15.4. The summed E-state index contributed by atoms with van der Waals surface area (Å²) in [7, 11) is 1.24. The van der Waals surface area contributed by atoms with E-state index < -0.39 is 22.3 Å². The van der Waals surface area contributed by atoms with Crippen LogP contribution in [-0.2, 0) is 9.53 Å². The van der Waals surface area contributed by atoms with Gasteiger partial charge >= 0.3 is 11.7 Å². The number of aryl methyl sites for hydroxylation is 1. The molecule has 0 saturated carbocycles. The predicted octanol–water partition coefficient (Wildman–Crippen LogP) is 1.77. The number of hydrogen-bond donors (Lipinski definition) is 1. The Labute approximate surface area is 114 Å². The molecular formula is C12H14N2O6. The molecule has 108 valence electrons. The number of nitro groups is 1. The Morgan fingerprint density at radius 3 is 2.75 bits per heavy atom. The maximum atomic E-state index is 11.3. The van der Waals surface area contributed by atoms with Crippen LogP contribution >= 0.6 is 0 Å². The molecule has 0 bridgehead atoms. The predicted molar refractivity (Wildman–Crippen MR) is 69.4 cm³/mol. The van der Waals surface area contributed by atoms with Crippen molar-refractivity contribution < 1.29 is 24.3 Å². The number of carbonyl (C=O) groups is 1. The molecule has 0 aliphatic heterocycles. The third-order valence-corrected chi connectivity index (χ3v) is 2.40. The maximum Gasteiger partial charge on any atom is 0.373 e. The molecule has 1 aromatic heterocycles. The number of carbonyl (C=O) groups excluding carboxylic acids is 1. The Bertz CT molecular complexity index is 567. The summed E-state index contributed by atoms with van der Waals surface area (Å²) in [5, 5.41) is 20.7. The van der Waals surface area contributed by atoms with Gasteiger partial charge < -0.3 is 14.6 Å². The first-order valence-corrected chi connectivity index (χ1v) is 5.68. The van der Waals surface area contributed by atoms with Gasteiger partial charge in [-0.05, 0) is 19.4 Å². The Kier molecular flexibility index (Phi) is 5.01. The highest BCUT2D eigenvalue weighted by Gasteiger charge is 2.24. The van der Waals surface area contributed by atoms with Crippen LogP contribution in [0.2, 0.25) is 0 Å². The number of aliphatic hydroxyl groups excluding tert-OH is 1. The third-order valence-electron chi connectivity index (χ3n) is 2.40. The van der Waals surface area contributed by atoms with Crippen LogP contribution in [0.15, 0.2) is 12.0 Å². The van der Waals surface area contributed by atoms with Crippen molar-refractivity contribution in [2.45, 2.75) is 13.8 Å². The minimum absolute atomic E-state index is 0.0346. The normalized spacial score (nSPS) is 11.1. The van der Waals surface area contributed by atoms with Crippen LogP contribution in [0.25, 0.3) is 6.08 Å². The van der Waals surface area contributed by atoms with E-state index in [2.05, 4.69) is 9.72 Å². The van der Waals surface area contributed by atoms with Gasteiger partial charge in [0.2, 0.25) is 5.76 Å². The summed E-state index contributed by atoms with van der Waals surface area (Å²) in [5.41, 5.74) is 0.0177. The van der Waals surface area contributed by atoms with E-state index in [1.54, 1.807) is 13.8 Å². The van der Waals surface area contributed by atoms with Crippen molar-refractivity contribution in [2.75, 3.05) is 13.7 Å². The molecule has 0 aliphatic rings. The molecule has 0 radical (unpaired) electrons. The second-order valence-corrected chi connectivity index (χ2v) is 3.72. The molecule has 1 N–H and O–H groups in total. The molecule has 0 amide bonds. The molecule has 1 rings (SSSR count). The summed E-state index contributed by atoms with van der Waals surface area (Å²) in [6.07, 6.45) is 2.31. The smallest absolute Gasteiger partial charge is 0.373 e. The van der Waals surface area contributed by atoms with Gasteiger partial charge in [-0.1, -0.05) is 0 Å². The van der Waals surface area contributed by atoms with Gasteiger partial charge in [0, 0.05) is 12.3 Å². The second-order valence-electron chi connectivity index (χ2n) is 3.72. The monoisotopic (exact) mass is 282 g/mol. The zero-order chi connectivity index (χ0) is 15.3. The first-order valence-electron chi connectivity index (χ1n) is 5.68. The summed E-state index contributed by atoms with van der Waals surface area (Å²) in [6.45, 7) is 3.22. The second kappa shape index (κ2) is 6.50. The number of nitrogens with zero attached hydrogens (tertiary/aromatic N) is 2. The van der Waals surface area contributed by atoms with Gasteiger partial charge in [0.15, 0.2) is 0 Å². The van der Waals surface area contributed by atoms with Gasteiger partial charge in [0.1, 0.15) is 0 Å². The van der Waals surface area contributed by atoms with Gasteiger partial charge in [-0.2, -0.15) is 0 Å². The van der Waals surface area contributed by atoms with E-state index in [9.17, 15) is 20.0 Å². The number of ether oxygens (including phenoxy) is 2. The van der Waals surface area contributed by atoms with Crippen LogP contribution in [0.1, 0.15) is 18.1 Å². The van der Waals surface area contributed by atoms with E-state index in [1.165, 1.54) is 13.3 Å². The number of methoxy groups -OCH3 is 1. The highest BCUT2D eigenvalue weighted by molar-refractivity contribution is 5.92. The summed E-state index contributed by atoms with van der Waals surface area (Å²) in [5.74, 6) is -1.90. The first-order chi connectivity index (χ1) is 9.42. The van der Waals surface area contributed by atoms with Gasteiger partial charge in [-0.15, -0.1) is 0 Å². The van der Waals surface area contributed by atoms with E-state index in [0.29, 0.717) is 5.56 Å². The number of aliphatic hydroxyl groups is 1. The zero-order valence-electron chi connectivity index (χ0n) is 11.2. The van der Waals surface area contributed by atoms with Crippen molar-refractivity contribution in [3.05, 3.63) is 33.2 Å². The van der Waals surface area contributed by atoms with Gasteiger partial charge in [-0.25, -0.2) is 9.78 Å². The van der Waals surface area contributed by atoms with Crippen LogP contribution in [0.4, 0.5) is 5.69 Å². The van der Waals surface area contributed by atoms with Crippen molar-refractivity contribution in [3.63, 3.8) is 0 Å². The molecule has 20 heavy (non-hydrogen) atoms. The Balaban J connectivity index is 3.40. The fraction of sp³-hybridized carbons (Fsp3) is 0.333. The molecule has 0 atom stereocenters. The van der Waals surface area contributed by atoms with Gasteiger partial charge in [0.05, 0.1) is 24.2 Å². The topological polar surface area (TPSA) is 112 Å². The molecule has 0 saturated heterocycles. The molecule has 8 nitrogen and oxygen atoms in total. The molecule has 1 aromatic rings. The minimum Gasteiger partial charge on any atom is -0.502 e. The van der Waals surface area contributed by atoms with E-state index >= 15 is 0 Å². The van der Waals surface area contributed by atoms with Crippen LogP contribution in [0.5, 0.6) is 5.88 Å². The highest BCUT2D eigenvalue weighted by atomic mass is 16.6. The average molecular weight is 282 g/mol. The lowest BCUT2D eigenvalue weighted by Gasteiger charge is -2.07. The average Bonchev–Trinajstić information content (AvgIpc) is 2.40. The Morgan fingerprint density at radius 1 is 1.60 bits per heavy atom. The quantitative estimate of drug-likeness (QED) is 0.288. The molecule has 8 heteroatoms. The number of rotatable bonds is 5. The summed E-state index contributed by atoms with van der Waals surface area (Å²) in [4.78, 5) is 25.5. The molecule has 0 unspecified atom stereocenters. The Hall–Kier alpha value is -2.64. The number of hydrogen-bond acceptors (Lipinski definition) is 7. The lowest BCUT2D eigenvalue weighted by atomic mass is 10.1. The maximum absolute atomic E-state index is 11.3. The number of aromatic nitrogens is 1. The summed E-state index contributed by atoms with van der Waals surface area (Å²) < 4.78 is 9.41. The zero-order valence-corrected chi connectivity index (χ0v) is 11.2. The van der Waals surface area contributed by atoms with E-state index in [1.807, 2.05) is 0 Å². The number of esters is 1. The van der Waals surface area contributed by atoms with Crippen LogP contribution < -0.4 is 4.74 Å². The lowest BCUT2D eigenvalue weighted by molar-refractivity contribution is -0.386.